The molecule has 3 aliphatic rings. The number of alkyl carbamates (subject to hydrolysis) is 1. The molecule has 9 heteroatoms. The highest BCUT2D eigenvalue weighted by molar-refractivity contribution is 6.01. The summed E-state index contributed by atoms with van der Waals surface area (Å²) in [5, 5.41) is 3.05. The van der Waals surface area contributed by atoms with Crippen molar-refractivity contribution in [1.29, 1.82) is 0 Å². The summed E-state index contributed by atoms with van der Waals surface area (Å²) < 4.78 is 10.7. The molecule has 2 aliphatic heterocycles. The van der Waals surface area contributed by atoms with Crippen molar-refractivity contribution in [3.63, 3.8) is 0 Å². The number of hydrogen-bond acceptors (Lipinski definition) is 7. The first-order chi connectivity index (χ1) is 21.6. The van der Waals surface area contributed by atoms with Gasteiger partial charge in [-0.25, -0.2) is 4.79 Å². The van der Waals surface area contributed by atoms with Crippen molar-refractivity contribution in [2.24, 2.45) is 5.92 Å². The first-order valence-corrected chi connectivity index (χ1v) is 16.6. The molecule has 3 amide bonds. The first-order valence-electron chi connectivity index (χ1n) is 16.6. The highest BCUT2D eigenvalue weighted by Gasteiger charge is 2.35. The van der Waals surface area contributed by atoms with Crippen LogP contribution < -0.4 is 15.0 Å². The van der Waals surface area contributed by atoms with Crippen LogP contribution in [0.5, 0.6) is 5.75 Å². The molecule has 9 nitrogen and oxygen atoms in total. The Hall–Kier alpha value is -3.59. The zero-order valence-corrected chi connectivity index (χ0v) is 27.4. The van der Waals surface area contributed by atoms with Crippen molar-refractivity contribution in [3.8, 4) is 5.75 Å². The molecular weight excluding hydrogens is 568 g/mol. The van der Waals surface area contributed by atoms with Gasteiger partial charge in [0.05, 0.1) is 19.6 Å². The number of likely N-dealkylation sites (tertiary alicyclic amines) is 1. The third-order valence-corrected chi connectivity index (χ3v) is 9.44. The molecule has 2 heterocycles. The molecule has 1 aliphatic carbocycles. The molecule has 1 N–H and O–H groups in total. The lowest BCUT2D eigenvalue weighted by Crippen LogP contribution is -2.47. The van der Waals surface area contributed by atoms with Gasteiger partial charge in [0.15, 0.2) is 0 Å². The molecule has 1 saturated carbocycles. The molecule has 2 saturated heterocycles. The van der Waals surface area contributed by atoms with Crippen LogP contribution in [0.3, 0.4) is 0 Å². The van der Waals surface area contributed by atoms with Crippen molar-refractivity contribution in [1.82, 2.24) is 15.1 Å². The van der Waals surface area contributed by atoms with Gasteiger partial charge in [0, 0.05) is 44.3 Å². The highest BCUT2D eigenvalue weighted by atomic mass is 16.6. The van der Waals surface area contributed by atoms with Crippen LogP contribution >= 0.6 is 0 Å². The number of amides is 3. The van der Waals surface area contributed by atoms with Gasteiger partial charge in [0.2, 0.25) is 11.8 Å². The predicted octanol–water partition coefficient (Wildman–Crippen LogP) is 5.72. The molecule has 1 atom stereocenters. The largest absolute Gasteiger partial charge is 0.497 e. The lowest BCUT2D eigenvalue weighted by Gasteiger charge is -2.38. The van der Waals surface area contributed by atoms with Crippen LogP contribution in [-0.2, 0) is 20.9 Å². The van der Waals surface area contributed by atoms with E-state index in [0.29, 0.717) is 18.8 Å². The molecule has 0 aromatic heterocycles. The van der Waals surface area contributed by atoms with E-state index in [0.717, 1.165) is 81.0 Å². The standard InChI is InChI=1S/C36H50N4O5/c1-36(2,3)45-35(43)37-29-12-8-26(9-13-29)18-19-38-20-22-39(23-21-38)30-7-5-6-28(24-30)32-16-17-33(41)40(34(32)42)25-27-10-14-31(44-4)15-11-27/h5-7,10-11,14-15,24,26,29,32H,8-9,12-13,16-23,25H2,1-4H3,(H,37,43). The van der Waals surface area contributed by atoms with Crippen LogP contribution in [0.2, 0.25) is 0 Å². The van der Waals surface area contributed by atoms with E-state index in [4.69, 9.17) is 9.47 Å². The van der Waals surface area contributed by atoms with Crippen LogP contribution in [0, 0.1) is 5.92 Å². The summed E-state index contributed by atoms with van der Waals surface area (Å²) in [5.41, 5.74) is 2.58. The van der Waals surface area contributed by atoms with Gasteiger partial charge in [-0.1, -0.05) is 24.3 Å². The fraction of sp³-hybridized carbons (Fsp3) is 0.583. The van der Waals surface area contributed by atoms with Crippen LogP contribution in [-0.4, -0.2) is 79.2 Å². The predicted molar refractivity (Wildman–Crippen MR) is 175 cm³/mol. The van der Waals surface area contributed by atoms with Crippen molar-refractivity contribution >= 4 is 23.6 Å². The molecule has 45 heavy (non-hydrogen) atoms. The van der Waals surface area contributed by atoms with Crippen molar-refractivity contribution in [2.75, 3.05) is 44.7 Å². The molecule has 2 aromatic carbocycles. The van der Waals surface area contributed by atoms with Gasteiger partial charge < -0.3 is 19.7 Å². The lowest BCUT2D eigenvalue weighted by molar-refractivity contribution is -0.150. The second-order valence-corrected chi connectivity index (χ2v) is 13.8. The molecule has 2 aromatic rings. The maximum atomic E-state index is 13.5. The first kappa shape index (κ1) is 32.8. The number of imide groups is 1. The van der Waals surface area contributed by atoms with Gasteiger partial charge in [-0.3, -0.25) is 19.4 Å². The number of piperazine rings is 1. The summed E-state index contributed by atoms with van der Waals surface area (Å²) >= 11 is 0. The number of ether oxygens (including phenoxy) is 2. The van der Waals surface area contributed by atoms with Gasteiger partial charge in [-0.2, -0.15) is 0 Å². The maximum Gasteiger partial charge on any atom is 0.407 e. The minimum absolute atomic E-state index is 0.107. The van der Waals surface area contributed by atoms with Gasteiger partial charge in [-0.05, 0) is 107 Å². The van der Waals surface area contributed by atoms with Crippen molar-refractivity contribution in [2.45, 2.75) is 89.8 Å². The number of nitrogens with one attached hydrogen (secondary N) is 1. The average Bonchev–Trinajstić information content (AvgIpc) is 3.02. The Morgan fingerprint density at radius 3 is 2.31 bits per heavy atom. The van der Waals surface area contributed by atoms with Crippen LogP contribution in [0.1, 0.15) is 82.8 Å². The van der Waals surface area contributed by atoms with E-state index in [1.54, 1.807) is 7.11 Å². The molecule has 5 rings (SSSR count). The Balaban J connectivity index is 1.07. The van der Waals surface area contributed by atoms with Gasteiger partial charge in [0.25, 0.3) is 0 Å². The van der Waals surface area contributed by atoms with E-state index >= 15 is 0 Å². The van der Waals surface area contributed by atoms with E-state index in [1.165, 1.54) is 11.3 Å². The molecule has 0 bridgehead atoms. The minimum atomic E-state index is -0.467. The summed E-state index contributed by atoms with van der Waals surface area (Å²) in [6, 6.07) is 16.1. The minimum Gasteiger partial charge on any atom is -0.497 e. The summed E-state index contributed by atoms with van der Waals surface area (Å²) in [7, 11) is 1.62. The summed E-state index contributed by atoms with van der Waals surface area (Å²) in [6.07, 6.45) is 6.15. The van der Waals surface area contributed by atoms with Crippen LogP contribution in [0.15, 0.2) is 48.5 Å². The topological polar surface area (TPSA) is 91.4 Å². The number of nitrogens with zero attached hydrogens (tertiary/aromatic N) is 3. The number of hydrogen-bond donors (Lipinski definition) is 1. The number of rotatable bonds is 9. The Bertz CT molecular complexity index is 1310. The second-order valence-electron chi connectivity index (χ2n) is 13.8. The van der Waals surface area contributed by atoms with Gasteiger partial charge in [-0.15, -0.1) is 0 Å². The number of piperidine rings is 1. The monoisotopic (exact) mass is 618 g/mol. The number of anilines is 1. The second kappa shape index (κ2) is 14.7. The molecular formula is C36H50N4O5. The Morgan fingerprint density at radius 2 is 1.64 bits per heavy atom. The van der Waals surface area contributed by atoms with E-state index in [1.807, 2.05) is 57.2 Å². The Morgan fingerprint density at radius 1 is 0.933 bits per heavy atom. The van der Waals surface area contributed by atoms with Gasteiger partial charge >= 0.3 is 6.09 Å². The molecule has 0 radical (unpaired) electrons. The summed E-state index contributed by atoms with van der Waals surface area (Å²) in [6.45, 7) is 11.0. The molecule has 3 fully saturated rings. The van der Waals surface area contributed by atoms with Gasteiger partial charge in [0.1, 0.15) is 11.4 Å². The smallest absolute Gasteiger partial charge is 0.407 e. The molecule has 0 spiro atoms. The Labute approximate surface area is 268 Å². The van der Waals surface area contributed by atoms with Crippen molar-refractivity contribution < 1.29 is 23.9 Å². The zero-order chi connectivity index (χ0) is 32.0. The zero-order valence-electron chi connectivity index (χ0n) is 27.4. The summed E-state index contributed by atoms with van der Waals surface area (Å²) in [4.78, 5) is 44.8. The summed E-state index contributed by atoms with van der Waals surface area (Å²) in [5.74, 6) is 0.930. The normalized spacial score (nSPS) is 23.2. The van der Waals surface area contributed by atoms with Crippen LogP contribution in [0.4, 0.5) is 10.5 Å². The molecule has 244 valence electrons. The van der Waals surface area contributed by atoms with E-state index in [-0.39, 0.29) is 36.4 Å². The fourth-order valence-corrected chi connectivity index (χ4v) is 6.83. The molecule has 1 unspecified atom stereocenters. The quantitative estimate of drug-likeness (QED) is 0.359. The average molecular weight is 619 g/mol. The fourth-order valence-electron chi connectivity index (χ4n) is 6.83. The van der Waals surface area contributed by atoms with E-state index in [2.05, 4.69) is 27.2 Å². The maximum absolute atomic E-state index is 13.5. The van der Waals surface area contributed by atoms with Crippen LogP contribution in [0.25, 0.3) is 0 Å². The number of carbonyl (C=O) groups is 3. The number of carbonyl (C=O) groups excluding carboxylic acids is 3. The third-order valence-electron chi connectivity index (χ3n) is 9.44. The Kier molecular flexibility index (Phi) is 10.7. The highest BCUT2D eigenvalue weighted by Crippen LogP contribution is 2.33. The SMILES string of the molecule is COc1ccc(CN2C(=O)CCC(c3cccc(N4CCN(CCC5CCC(NC(=O)OC(C)(C)C)CC5)CC4)c3)C2=O)cc1. The number of methoxy groups -OCH3 is 1. The third kappa shape index (κ3) is 9.00. The van der Waals surface area contributed by atoms with E-state index < -0.39 is 5.60 Å². The lowest BCUT2D eigenvalue weighted by atomic mass is 9.84. The number of benzene rings is 2. The van der Waals surface area contributed by atoms with Crippen molar-refractivity contribution in [3.05, 3.63) is 59.7 Å². The van der Waals surface area contributed by atoms with E-state index in [9.17, 15) is 14.4 Å².